The third-order valence-electron chi connectivity index (χ3n) is 9.28. The molecule has 0 saturated carbocycles. The topological polar surface area (TPSA) is 87.9 Å². The van der Waals surface area contributed by atoms with Gasteiger partial charge in [-0.3, -0.25) is 0 Å². The minimum Gasteiger partial charge on any atom is -0.508 e. The maximum Gasteiger partial charge on any atom is 0.234 e. The van der Waals surface area contributed by atoms with Gasteiger partial charge in [-0.25, -0.2) is 0 Å². The molecular weight excluding hydrogens is 568 g/mol. The number of phenolic OH excluding ortho intramolecular Hbond substituents is 1. The second-order valence-electron chi connectivity index (χ2n) is 11.8. The smallest absolute Gasteiger partial charge is 0.234 e. The van der Waals surface area contributed by atoms with Crippen LogP contribution in [0.5, 0.6) is 11.6 Å². The summed E-state index contributed by atoms with van der Waals surface area (Å²) in [6.07, 6.45) is 5.45. The zero-order valence-electron chi connectivity index (χ0n) is 22.9. The van der Waals surface area contributed by atoms with Gasteiger partial charge in [-0.1, -0.05) is 28.1 Å². The summed E-state index contributed by atoms with van der Waals surface area (Å²) in [6.45, 7) is 4.82. The fraction of sp³-hybridized carbons (Fsp3) is 0.484. The van der Waals surface area contributed by atoms with Crippen LogP contribution in [0.25, 0.3) is 10.8 Å². The Morgan fingerprint density at radius 1 is 1.12 bits per heavy atom. The van der Waals surface area contributed by atoms with Gasteiger partial charge in [0.25, 0.3) is 0 Å². The Hall–Kier alpha value is -3.06. The van der Waals surface area contributed by atoms with Crippen molar-refractivity contribution in [3.05, 3.63) is 51.5 Å². The molecule has 9 heteroatoms. The van der Waals surface area contributed by atoms with Crippen LogP contribution in [0, 0.1) is 11.3 Å². The van der Waals surface area contributed by atoms with E-state index in [9.17, 15) is 10.4 Å². The van der Waals surface area contributed by atoms with Crippen LogP contribution >= 0.6 is 15.9 Å². The summed E-state index contributed by atoms with van der Waals surface area (Å²) in [6, 6.07) is 13.5. The highest BCUT2D eigenvalue weighted by Crippen LogP contribution is 2.42. The van der Waals surface area contributed by atoms with Gasteiger partial charge in [-0.2, -0.15) is 10.2 Å². The summed E-state index contributed by atoms with van der Waals surface area (Å²) in [4.78, 5) is 12.2. The van der Waals surface area contributed by atoms with E-state index in [0.717, 1.165) is 71.3 Å². The number of aromatic hydroxyl groups is 1. The van der Waals surface area contributed by atoms with E-state index in [2.05, 4.69) is 49.1 Å². The first-order chi connectivity index (χ1) is 19.5. The molecule has 0 spiro atoms. The highest BCUT2D eigenvalue weighted by Gasteiger charge is 2.36. The molecule has 0 radical (unpaired) electrons. The molecule has 0 aliphatic carbocycles. The first kappa shape index (κ1) is 25.9. The third kappa shape index (κ3) is 4.56. The Kier molecular flexibility index (Phi) is 6.73. The van der Waals surface area contributed by atoms with Crippen molar-refractivity contribution in [1.82, 2.24) is 15.2 Å². The van der Waals surface area contributed by atoms with Crippen LogP contribution in [0.15, 0.2) is 34.8 Å². The van der Waals surface area contributed by atoms with Crippen LogP contribution < -0.4 is 19.9 Å². The van der Waals surface area contributed by atoms with Crippen molar-refractivity contribution in [2.75, 3.05) is 49.6 Å². The van der Waals surface area contributed by atoms with E-state index in [0.29, 0.717) is 42.7 Å². The number of hydrogen-bond acceptors (Lipinski definition) is 8. The maximum atomic E-state index is 10.6. The molecular formula is C31H35BrN6O2. The van der Waals surface area contributed by atoms with Crippen molar-refractivity contribution in [2.45, 2.75) is 56.8 Å². The number of likely N-dealkylation sites (N-methyl/N-ethyl adjacent to an activating group) is 1. The van der Waals surface area contributed by atoms with Crippen molar-refractivity contribution in [3.8, 4) is 17.7 Å². The number of ether oxygens (including phenoxy) is 1. The molecule has 208 valence electrons. The Bertz CT molecular complexity index is 1490. The molecule has 2 aromatic carbocycles. The van der Waals surface area contributed by atoms with Gasteiger partial charge in [-0.05, 0) is 63.2 Å². The SMILES string of the molecule is CN1CCC[C@H]1COc1nc(N2CC3CCC(C2)N3)c2c(c1C#N)CN(c1cc(O)cc3cccc(Br)c13)CC2. The van der Waals surface area contributed by atoms with E-state index in [1.54, 1.807) is 6.07 Å². The van der Waals surface area contributed by atoms with Crippen molar-refractivity contribution < 1.29 is 9.84 Å². The largest absolute Gasteiger partial charge is 0.508 e. The summed E-state index contributed by atoms with van der Waals surface area (Å²) in [5.41, 5.74) is 3.68. The van der Waals surface area contributed by atoms with E-state index in [-0.39, 0.29) is 5.75 Å². The van der Waals surface area contributed by atoms with E-state index in [1.165, 1.54) is 24.8 Å². The lowest BCUT2D eigenvalue weighted by Crippen LogP contribution is -2.52. The molecule has 7 rings (SSSR count). The molecule has 40 heavy (non-hydrogen) atoms. The Morgan fingerprint density at radius 3 is 2.70 bits per heavy atom. The summed E-state index contributed by atoms with van der Waals surface area (Å²) < 4.78 is 7.40. The molecule has 3 saturated heterocycles. The van der Waals surface area contributed by atoms with Gasteiger partial charge < -0.3 is 29.9 Å². The van der Waals surface area contributed by atoms with Crippen LogP contribution in [0.4, 0.5) is 11.5 Å². The number of nitriles is 1. The average Bonchev–Trinajstić information content (AvgIpc) is 3.53. The minimum atomic E-state index is 0.239. The minimum absolute atomic E-state index is 0.239. The first-order valence-electron chi connectivity index (χ1n) is 14.4. The van der Waals surface area contributed by atoms with Crippen molar-refractivity contribution in [2.24, 2.45) is 0 Å². The van der Waals surface area contributed by atoms with Crippen molar-refractivity contribution in [3.63, 3.8) is 0 Å². The highest BCUT2D eigenvalue weighted by atomic mass is 79.9. The molecule has 3 fully saturated rings. The summed E-state index contributed by atoms with van der Waals surface area (Å²) in [7, 11) is 2.14. The first-order valence-corrected chi connectivity index (χ1v) is 15.2. The zero-order chi connectivity index (χ0) is 27.4. The summed E-state index contributed by atoms with van der Waals surface area (Å²) in [5.74, 6) is 1.69. The second kappa shape index (κ2) is 10.4. The summed E-state index contributed by atoms with van der Waals surface area (Å²) in [5, 5.41) is 26.8. The van der Waals surface area contributed by atoms with Crippen LogP contribution in [-0.2, 0) is 13.0 Å². The molecule has 2 bridgehead atoms. The monoisotopic (exact) mass is 602 g/mol. The number of aromatic nitrogens is 1. The molecule has 2 unspecified atom stereocenters. The quantitative estimate of drug-likeness (QED) is 0.440. The van der Waals surface area contributed by atoms with Crippen molar-refractivity contribution >= 4 is 38.2 Å². The number of rotatable bonds is 5. The number of fused-ring (bicyclic) bond motifs is 4. The average molecular weight is 604 g/mol. The lowest BCUT2D eigenvalue weighted by molar-refractivity contribution is 0.192. The number of phenols is 1. The number of halogens is 1. The molecule has 8 nitrogen and oxygen atoms in total. The lowest BCUT2D eigenvalue weighted by atomic mass is 9.94. The van der Waals surface area contributed by atoms with Gasteiger partial charge >= 0.3 is 0 Å². The number of nitrogens with one attached hydrogen (secondary N) is 1. The number of nitrogens with zero attached hydrogens (tertiary/aromatic N) is 5. The fourth-order valence-corrected chi connectivity index (χ4v) is 7.79. The zero-order valence-corrected chi connectivity index (χ0v) is 24.5. The molecule has 5 heterocycles. The molecule has 0 amide bonds. The maximum absolute atomic E-state index is 10.6. The van der Waals surface area contributed by atoms with Crippen LogP contribution in [0.3, 0.4) is 0 Å². The third-order valence-corrected chi connectivity index (χ3v) is 9.94. The van der Waals surface area contributed by atoms with Crippen molar-refractivity contribution in [1.29, 1.82) is 5.26 Å². The Balaban J connectivity index is 1.30. The molecule has 1 aromatic heterocycles. The molecule has 3 atom stereocenters. The van der Waals surface area contributed by atoms with Gasteiger partial charge in [0.2, 0.25) is 5.88 Å². The number of likely N-dealkylation sites (tertiary alicyclic amines) is 1. The Morgan fingerprint density at radius 2 is 1.95 bits per heavy atom. The molecule has 2 N–H and O–H groups in total. The van der Waals surface area contributed by atoms with Gasteiger partial charge in [-0.15, -0.1) is 0 Å². The van der Waals surface area contributed by atoms with Gasteiger partial charge in [0.05, 0.1) is 0 Å². The highest BCUT2D eigenvalue weighted by molar-refractivity contribution is 9.10. The second-order valence-corrected chi connectivity index (χ2v) is 12.6. The van der Waals surface area contributed by atoms with Gasteiger partial charge in [0, 0.05) is 77.0 Å². The molecule has 4 aliphatic heterocycles. The number of benzene rings is 2. The standard InChI is InChI=1S/C31H35BrN6O2/c1-36-10-3-5-22(36)18-40-31-25(14-33)26-17-37(28-13-23(39)12-19-4-2-6-27(32)29(19)28)11-9-24(26)30(35-31)38-15-20-7-8-21(16-38)34-20/h2,4,6,12-13,20-22,34,39H,3,5,7-11,15-18H2,1H3/t20?,21?,22-/m0/s1. The number of anilines is 2. The predicted molar refractivity (Wildman–Crippen MR) is 160 cm³/mol. The number of pyridine rings is 1. The van der Waals surface area contributed by atoms with Gasteiger partial charge in [0.1, 0.15) is 29.8 Å². The normalized spacial score (nSPS) is 24.4. The van der Waals surface area contributed by atoms with E-state index >= 15 is 0 Å². The number of hydrogen-bond donors (Lipinski definition) is 2. The lowest BCUT2D eigenvalue weighted by Gasteiger charge is -2.38. The van der Waals surface area contributed by atoms with E-state index in [1.807, 2.05) is 24.3 Å². The van der Waals surface area contributed by atoms with E-state index < -0.39 is 0 Å². The predicted octanol–water partition coefficient (Wildman–Crippen LogP) is 4.55. The van der Waals surface area contributed by atoms with Crippen LogP contribution in [-0.4, -0.2) is 72.9 Å². The fourth-order valence-electron chi connectivity index (χ4n) is 7.20. The summed E-state index contributed by atoms with van der Waals surface area (Å²) >= 11 is 3.74. The Labute approximate surface area is 243 Å². The molecule has 3 aromatic rings. The number of piperazine rings is 1. The van der Waals surface area contributed by atoms with Crippen LogP contribution in [0.2, 0.25) is 0 Å². The van der Waals surface area contributed by atoms with Crippen LogP contribution in [0.1, 0.15) is 42.4 Å². The molecule has 4 aliphatic rings. The van der Waals surface area contributed by atoms with E-state index in [4.69, 9.17) is 9.72 Å². The van der Waals surface area contributed by atoms with Gasteiger partial charge in [0.15, 0.2) is 0 Å².